The minimum atomic E-state index is -0.817. The molecule has 1 aliphatic carbocycles. The first kappa shape index (κ1) is 13.4. The maximum Gasteiger partial charge on any atom is 0.313 e. The second-order valence-corrected chi connectivity index (χ2v) is 5.74. The van der Waals surface area contributed by atoms with Gasteiger partial charge in [0.15, 0.2) is 5.16 Å². The Hall–Kier alpha value is -1.04. The number of thioether (sulfide) groups is 1. The molecule has 0 radical (unpaired) electrons. The maximum absolute atomic E-state index is 10.6. The van der Waals surface area contributed by atoms with Crippen molar-refractivity contribution in [3.63, 3.8) is 0 Å². The molecule has 0 saturated heterocycles. The minimum Gasteiger partial charge on any atom is -0.481 e. The monoisotopic (exact) mass is 269 g/mol. The molecule has 0 amide bonds. The number of hydrogen-bond acceptors (Lipinski definition) is 4. The molecule has 1 aromatic rings. The van der Waals surface area contributed by atoms with Crippen molar-refractivity contribution in [1.82, 2.24) is 14.8 Å². The van der Waals surface area contributed by atoms with Gasteiger partial charge in [-0.15, -0.1) is 10.2 Å². The summed E-state index contributed by atoms with van der Waals surface area (Å²) >= 11 is 1.26. The molecule has 1 atom stereocenters. The molecule has 18 heavy (non-hydrogen) atoms. The molecule has 1 fully saturated rings. The molecule has 1 aromatic heterocycles. The van der Waals surface area contributed by atoms with Crippen LogP contribution >= 0.6 is 11.8 Å². The SMILES string of the molecule is CCCn1c(SCC(=O)O)nnc1C(C)C1CC1. The molecular weight excluding hydrogens is 250 g/mol. The van der Waals surface area contributed by atoms with Gasteiger partial charge in [0.05, 0.1) is 5.75 Å². The minimum absolute atomic E-state index is 0.0413. The van der Waals surface area contributed by atoms with Crippen LogP contribution in [0.2, 0.25) is 0 Å². The van der Waals surface area contributed by atoms with Gasteiger partial charge in [-0.05, 0) is 25.2 Å². The fourth-order valence-corrected chi connectivity index (χ4v) is 2.80. The molecule has 1 saturated carbocycles. The Morgan fingerprint density at radius 2 is 2.28 bits per heavy atom. The van der Waals surface area contributed by atoms with E-state index in [1.807, 2.05) is 0 Å². The predicted octanol–water partition coefficient (Wildman–Crippen LogP) is 2.38. The van der Waals surface area contributed by atoms with Gasteiger partial charge in [-0.25, -0.2) is 0 Å². The number of carboxylic acid groups (broad SMARTS) is 1. The van der Waals surface area contributed by atoms with Gasteiger partial charge >= 0.3 is 5.97 Å². The molecule has 100 valence electrons. The van der Waals surface area contributed by atoms with E-state index in [-0.39, 0.29) is 5.75 Å². The first-order chi connectivity index (χ1) is 8.63. The van der Waals surface area contributed by atoms with Crippen LogP contribution in [-0.4, -0.2) is 31.6 Å². The number of aliphatic carboxylic acids is 1. The van der Waals surface area contributed by atoms with Crippen LogP contribution in [0.15, 0.2) is 5.16 Å². The summed E-state index contributed by atoms with van der Waals surface area (Å²) in [6, 6.07) is 0. The molecule has 1 unspecified atom stereocenters. The summed E-state index contributed by atoms with van der Waals surface area (Å²) < 4.78 is 2.09. The van der Waals surface area contributed by atoms with Crippen LogP contribution in [0.1, 0.15) is 44.9 Å². The average molecular weight is 269 g/mol. The fraction of sp³-hybridized carbons (Fsp3) is 0.750. The van der Waals surface area contributed by atoms with E-state index in [0.29, 0.717) is 5.92 Å². The molecule has 5 nitrogen and oxygen atoms in total. The zero-order valence-electron chi connectivity index (χ0n) is 10.8. The Morgan fingerprint density at radius 1 is 1.56 bits per heavy atom. The second kappa shape index (κ2) is 5.73. The quantitative estimate of drug-likeness (QED) is 0.770. The summed E-state index contributed by atoms with van der Waals surface area (Å²) in [6.07, 6.45) is 3.55. The third kappa shape index (κ3) is 3.04. The number of hydrogen-bond donors (Lipinski definition) is 1. The Labute approximate surface area is 111 Å². The first-order valence-corrected chi connectivity index (χ1v) is 7.39. The van der Waals surface area contributed by atoms with Crippen LogP contribution in [0.25, 0.3) is 0 Å². The Morgan fingerprint density at radius 3 is 2.83 bits per heavy atom. The topological polar surface area (TPSA) is 68.0 Å². The van der Waals surface area contributed by atoms with Crippen molar-refractivity contribution >= 4 is 17.7 Å². The molecule has 0 bridgehead atoms. The molecule has 1 N–H and O–H groups in total. The summed E-state index contributed by atoms with van der Waals surface area (Å²) in [5.74, 6) is 1.42. The Bertz CT molecular complexity index is 429. The Kier molecular flexibility index (Phi) is 4.27. The van der Waals surface area contributed by atoms with Gasteiger partial charge in [0, 0.05) is 12.5 Å². The molecule has 6 heteroatoms. The van der Waals surface area contributed by atoms with Crippen molar-refractivity contribution in [2.24, 2.45) is 5.92 Å². The van der Waals surface area contributed by atoms with Crippen LogP contribution in [-0.2, 0) is 11.3 Å². The molecule has 1 heterocycles. The number of nitrogens with zero attached hydrogens (tertiary/aromatic N) is 3. The van der Waals surface area contributed by atoms with Crippen LogP contribution in [0.4, 0.5) is 0 Å². The van der Waals surface area contributed by atoms with E-state index in [0.717, 1.165) is 29.9 Å². The highest BCUT2D eigenvalue weighted by Gasteiger charge is 2.32. The summed E-state index contributed by atoms with van der Waals surface area (Å²) in [4.78, 5) is 10.6. The zero-order chi connectivity index (χ0) is 13.1. The normalized spacial score (nSPS) is 16.8. The van der Waals surface area contributed by atoms with Gasteiger partial charge in [0.25, 0.3) is 0 Å². The summed E-state index contributed by atoms with van der Waals surface area (Å²) in [6.45, 7) is 5.16. The van der Waals surface area contributed by atoms with Crippen molar-refractivity contribution < 1.29 is 9.90 Å². The third-order valence-corrected chi connectivity index (χ3v) is 4.21. The van der Waals surface area contributed by atoms with Gasteiger partial charge < -0.3 is 9.67 Å². The predicted molar refractivity (Wildman–Crippen MR) is 69.8 cm³/mol. The van der Waals surface area contributed by atoms with Crippen LogP contribution in [0.5, 0.6) is 0 Å². The van der Waals surface area contributed by atoms with Crippen LogP contribution in [0, 0.1) is 5.92 Å². The maximum atomic E-state index is 10.6. The molecule has 1 aliphatic rings. The van der Waals surface area contributed by atoms with E-state index in [2.05, 4.69) is 28.6 Å². The van der Waals surface area contributed by atoms with Crippen molar-refractivity contribution in [3.8, 4) is 0 Å². The van der Waals surface area contributed by atoms with E-state index in [9.17, 15) is 4.79 Å². The largest absolute Gasteiger partial charge is 0.481 e. The van der Waals surface area contributed by atoms with Gasteiger partial charge in [-0.1, -0.05) is 25.6 Å². The highest BCUT2D eigenvalue weighted by Crippen LogP contribution is 2.42. The van der Waals surface area contributed by atoms with E-state index < -0.39 is 5.97 Å². The van der Waals surface area contributed by atoms with E-state index in [4.69, 9.17) is 5.11 Å². The standard InChI is InChI=1S/C12H19N3O2S/c1-3-6-15-11(8(2)9-4-5-9)13-14-12(15)18-7-10(16)17/h8-9H,3-7H2,1-2H3,(H,16,17). The number of rotatable bonds is 7. The summed E-state index contributed by atoms with van der Waals surface area (Å²) in [5, 5.41) is 17.9. The molecule has 0 aliphatic heterocycles. The van der Waals surface area contributed by atoms with Crippen molar-refractivity contribution in [3.05, 3.63) is 5.82 Å². The summed E-state index contributed by atoms with van der Waals surface area (Å²) in [5.41, 5.74) is 0. The van der Waals surface area contributed by atoms with E-state index >= 15 is 0 Å². The number of carbonyl (C=O) groups is 1. The van der Waals surface area contributed by atoms with Gasteiger partial charge in [-0.3, -0.25) is 4.79 Å². The smallest absolute Gasteiger partial charge is 0.313 e. The lowest BCUT2D eigenvalue weighted by molar-refractivity contribution is -0.133. The van der Waals surface area contributed by atoms with Gasteiger partial charge in [0.2, 0.25) is 0 Å². The van der Waals surface area contributed by atoms with Crippen molar-refractivity contribution in [2.75, 3.05) is 5.75 Å². The van der Waals surface area contributed by atoms with Gasteiger partial charge in [-0.2, -0.15) is 0 Å². The Balaban J connectivity index is 2.15. The van der Waals surface area contributed by atoms with Gasteiger partial charge in [0.1, 0.15) is 5.82 Å². The van der Waals surface area contributed by atoms with Crippen molar-refractivity contribution in [2.45, 2.75) is 50.7 Å². The lowest BCUT2D eigenvalue weighted by atomic mass is 10.1. The number of aromatic nitrogens is 3. The van der Waals surface area contributed by atoms with Crippen molar-refractivity contribution in [1.29, 1.82) is 0 Å². The van der Waals surface area contributed by atoms with E-state index in [1.165, 1.54) is 24.6 Å². The first-order valence-electron chi connectivity index (χ1n) is 6.41. The zero-order valence-corrected chi connectivity index (χ0v) is 11.6. The molecule has 0 aromatic carbocycles. The highest BCUT2D eigenvalue weighted by molar-refractivity contribution is 7.99. The summed E-state index contributed by atoms with van der Waals surface area (Å²) in [7, 11) is 0. The van der Waals surface area contributed by atoms with Crippen LogP contribution in [0.3, 0.4) is 0 Å². The average Bonchev–Trinajstić information content (AvgIpc) is 3.10. The molecule has 0 spiro atoms. The van der Waals surface area contributed by atoms with E-state index in [1.54, 1.807) is 0 Å². The molecule has 2 rings (SSSR count). The number of carboxylic acids is 1. The lowest BCUT2D eigenvalue weighted by Crippen LogP contribution is -2.10. The lowest BCUT2D eigenvalue weighted by Gasteiger charge is -2.13. The third-order valence-electron chi connectivity index (χ3n) is 3.25. The fourth-order valence-electron chi connectivity index (χ4n) is 2.11. The second-order valence-electron chi connectivity index (χ2n) is 4.80. The molecular formula is C12H19N3O2S. The van der Waals surface area contributed by atoms with Crippen LogP contribution < -0.4 is 0 Å². The highest BCUT2D eigenvalue weighted by atomic mass is 32.2.